The zero-order valence-electron chi connectivity index (χ0n) is 10.5. The molecule has 3 heteroatoms. The van der Waals surface area contributed by atoms with Crippen LogP contribution in [0.15, 0.2) is 24.3 Å². The van der Waals surface area contributed by atoms with E-state index in [-0.39, 0.29) is 11.4 Å². The summed E-state index contributed by atoms with van der Waals surface area (Å²) in [5.74, 6) is 0.761. The quantitative estimate of drug-likeness (QED) is 0.641. The van der Waals surface area contributed by atoms with Crippen molar-refractivity contribution in [3.05, 3.63) is 29.8 Å². The van der Waals surface area contributed by atoms with E-state index in [1.165, 1.54) is 12.8 Å². The molecule has 0 saturated heterocycles. The zero-order valence-corrected chi connectivity index (χ0v) is 10.5. The first-order chi connectivity index (χ1) is 8.71. The number of nitrogens with two attached hydrogens (primary N) is 1. The Morgan fingerprint density at radius 1 is 1.28 bits per heavy atom. The van der Waals surface area contributed by atoms with Gasteiger partial charge in [0, 0.05) is 5.69 Å². The summed E-state index contributed by atoms with van der Waals surface area (Å²) in [4.78, 5) is 12.2. The number of benzene rings is 1. The molecule has 1 aromatic carbocycles. The first kappa shape index (κ1) is 11.6. The van der Waals surface area contributed by atoms with Crippen LogP contribution in [0.1, 0.15) is 37.7 Å². The number of hydrogen-bond acceptors (Lipinski definition) is 3. The van der Waals surface area contributed by atoms with Gasteiger partial charge in [0.2, 0.25) is 0 Å². The lowest BCUT2D eigenvalue weighted by Gasteiger charge is -2.15. The molecule has 2 aliphatic carbocycles. The number of carbonyl (C=O) groups excluding carboxylic acids is 1. The predicted molar refractivity (Wildman–Crippen MR) is 70.1 cm³/mol. The van der Waals surface area contributed by atoms with Gasteiger partial charge in [-0.25, -0.2) is 0 Å². The zero-order chi connectivity index (χ0) is 12.6. The van der Waals surface area contributed by atoms with Crippen LogP contribution >= 0.6 is 0 Å². The van der Waals surface area contributed by atoms with E-state index in [4.69, 9.17) is 10.5 Å². The summed E-state index contributed by atoms with van der Waals surface area (Å²) in [5.41, 5.74) is 7.09. The highest BCUT2D eigenvalue weighted by Crippen LogP contribution is 2.49. The average Bonchev–Trinajstić information content (AvgIpc) is 3.25. The summed E-state index contributed by atoms with van der Waals surface area (Å²) in [7, 11) is 0. The van der Waals surface area contributed by atoms with Gasteiger partial charge in [-0.05, 0) is 42.9 Å². The Morgan fingerprint density at radius 3 is 2.50 bits per heavy atom. The van der Waals surface area contributed by atoms with Crippen LogP contribution < -0.4 is 5.73 Å². The van der Waals surface area contributed by atoms with E-state index in [0.717, 1.165) is 36.4 Å². The summed E-state index contributed by atoms with van der Waals surface area (Å²) >= 11 is 0. The number of nitrogen functional groups attached to an aromatic ring is 1. The SMILES string of the molecule is Nc1ccc(C2(C(=O)OCCC3CC3)CC2)cc1. The molecule has 1 aromatic rings. The molecular formula is C15H19NO2. The first-order valence-electron chi connectivity index (χ1n) is 6.74. The monoisotopic (exact) mass is 245 g/mol. The van der Waals surface area contributed by atoms with Crippen LogP contribution in [-0.2, 0) is 14.9 Å². The van der Waals surface area contributed by atoms with Gasteiger partial charge in [-0.2, -0.15) is 0 Å². The largest absolute Gasteiger partial charge is 0.465 e. The van der Waals surface area contributed by atoms with Crippen LogP contribution in [0.5, 0.6) is 0 Å². The molecule has 0 spiro atoms. The smallest absolute Gasteiger partial charge is 0.316 e. The molecule has 0 aromatic heterocycles. The van der Waals surface area contributed by atoms with Gasteiger partial charge in [-0.1, -0.05) is 25.0 Å². The molecule has 2 saturated carbocycles. The second-order valence-electron chi connectivity index (χ2n) is 5.57. The Morgan fingerprint density at radius 2 is 1.94 bits per heavy atom. The van der Waals surface area contributed by atoms with Crippen molar-refractivity contribution in [1.82, 2.24) is 0 Å². The summed E-state index contributed by atoms with van der Waals surface area (Å²) in [5, 5.41) is 0. The molecule has 0 atom stereocenters. The van der Waals surface area contributed by atoms with Gasteiger partial charge < -0.3 is 10.5 Å². The molecule has 0 radical (unpaired) electrons. The lowest BCUT2D eigenvalue weighted by molar-refractivity contribution is -0.147. The Balaban J connectivity index is 1.62. The second kappa shape index (κ2) is 4.30. The Bertz CT molecular complexity index is 444. The summed E-state index contributed by atoms with van der Waals surface area (Å²) in [6.07, 6.45) is 5.45. The van der Waals surface area contributed by atoms with Crippen molar-refractivity contribution in [1.29, 1.82) is 0 Å². The van der Waals surface area contributed by atoms with Crippen molar-refractivity contribution in [2.75, 3.05) is 12.3 Å². The maximum absolute atomic E-state index is 12.2. The van der Waals surface area contributed by atoms with E-state index in [9.17, 15) is 4.79 Å². The fourth-order valence-corrected chi connectivity index (χ4v) is 2.40. The first-order valence-corrected chi connectivity index (χ1v) is 6.74. The number of ether oxygens (including phenoxy) is 1. The number of hydrogen-bond donors (Lipinski definition) is 1. The third kappa shape index (κ3) is 2.22. The van der Waals surface area contributed by atoms with Crippen molar-refractivity contribution in [2.24, 2.45) is 5.92 Å². The molecule has 3 nitrogen and oxygen atoms in total. The standard InChI is InChI=1S/C15H19NO2/c16-13-5-3-12(4-6-13)15(8-9-15)14(17)18-10-7-11-1-2-11/h3-6,11H,1-2,7-10,16H2. The summed E-state index contributed by atoms with van der Waals surface area (Å²) in [6, 6.07) is 7.61. The minimum absolute atomic E-state index is 0.0482. The van der Waals surface area contributed by atoms with Crippen molar-refractivity contribution >= 4 is 11.7 Å². The molecule has 0 heterocycles. The highest BCUT2D eigenvalue weighted by atomic mass is 16.5. The minimum atomic E-state index is -0.364. The molecular weight excluding hydrogens is 226 g/mol. The predicted octanol–water partition coefficient (Wildman–Crippen LogP) is 2.64. The molecule has 0 aliphatic heterocycles. The molecule has 3 rings (SSSR count). The van der Waals surface area contributed by atoms with Gasteiger partial charge in [0.15, 0.2) is 0 Å². The van der Waals surface area contributed by atoms with Gasteiger partial charge in [-0.3, -0.25) is 4.79 Å². The molecule has 0 amide bonds. The van der Waals surface area contributed by atoms with Gasteiger partial charge >= 0.3 is 5.97 Å². The van der Waals surface area contributed by atoms with Gasteiger partial charge in [0.05, 0.1) is 12.0 Å². The van der Waals surface area contributed by atoms with Crippen LogP contribution in [0.4, 0.5) is 5.69 Å². The molecule has 0 bridgehead atoms. The van der Waals surface area contributed by atoms with E-state index in [1.807, 2.05) is 24.3 Å². The van der Waals surface area contributed by atoms with E-state index >= 15 is 0 Å². The maximum Gasteiger partial charge on any atom is 0.316 e. The molecule has 96 valence electrons. The van der Waals surface area contributed by atoms with E-state index in [0.29, 0.717) is 6.61 Å². The molecule has 2 N–H and O–H groups in total. The van der Waals surface area contributed by atoms with Crippen molar-refractivity contribution < 1.29 is 9.53 Å². The van der Waals surface area contributed by atoms with E-state index < -0.39 is 0 Å². The number of rotatable bonds is 5. The van der Waals surface area contributed by atoms with Crippen molar-refractivity contribution in [3.8, 4) is 0 Å². The number of carbonyl (C=O) groups is 1. The summed E-state index contributed by atoms with van der Waals surface area (Å²) < 4.78 is 5.43. The lowest BCUT2D eigenvalue weighted by atomic mass is 9.96. The Hall–Kier alpha value is -1.51. The van der Waals surface area contributed by atoms with Crippen LogP contribution in [0, 0.1) is 5.92 Å². The lowest BCUT2D eigenvalue weighted by Crippen LogP contribution is -2.23. The van der Waals surface area contributed by atoms with Crippen LogP contribution in [0.2, 0.25) is 0 Å². The van der Waals surface area contributed by atoms with Gasteiger partial charge in [0.1, 0.15) is 0 Å². The fraction of sp³-hybridized carbons (Fsp3) is 0.533. The Kier molecular flexibility index (Phi) is 2.77. The van der Waals surface area contributed by atoms with E-state index in [2.05, 4.69) is 0 Å². The van der Waals surface area contributed by atoms with Crippen molar-refractivity contribution in [2.45, 2.75) is 37.5 Å². The highest BCUT2D eigenvalue weighted by Gasteiger charge is 2.52. The molecule has 2 fully saturated rings. The molecule has 2 aliphatic rings. The number of anilines is 1. The third-order valence-electron chi connectivity index (χ3n) is 4.06. The van der Waals surface area contributed by atoms with Crippen LogP contribution in [0.3, 0.4) is 0 Å². The fourth-order valence-electron chi connectivity index (χ4n) is 2.40. The average molecular weight is 245 g/mol. The normalized spacial score (nSPS) is 20.4. The molecule has 18 heavy (non-hydrogen) atoms. The molecule has 0 unspecified atom stereocenters. The van der Waals surface area contributed by atoms with Crippen LogP contribution in [0.25, 0.3) is 0 Å². The van der Waals surface area contributed by atoms with Gasteiger partial charge in [0.25, 0.3) is 0 Å². The van der Waals surface area contributed by atoms with E-state index in [1.54, 1.807) is 0 Å². The Labute approximate surface area is 107 Å². The second-order valence-corrected chi connectivity index (χ2v) is 5.57. The van der Waals surface area contributed by atoms with Crippen molar-refractivity contribution in [3.63, 3.8) is 0 Å². The summed E-state index contributed by atoms with van der Waals surface area (Å²) in [6.45, 7) is 0.584. The maximum atomic E-state index is 12.2. The highest BCUT2D eigenvalue weighted by molar-refractivity contribution is 5.86. The number of esters is 1. The van der Waals surface area contributed by atoms with Gasteiger partial charge in [-0.15, -0.1) is 0 Å². The third-order valence-corrected chi connectivity index (χ3v) is 4.06. The topological polar surface area (TPSA) is 52.3 Å². The minimum Gasteiger partial charge on any atom is -0.465 e. The van der Waals surface area contributed by atoms with Crippen LogP contribution in [-0.4, -0.2) is 12.6 Å².